The molecule has 0 aliphatic heterocycles. The van der Waals surface area contributed by atoms with Crippen LogP contribution in [0.2, 0.25) is 0 Å². The van der Waals surface area contributed by atoms with E-state index < -0.39 is 101 Å². The van der Waals surface area contributed by atoms with E-state index in [1.54, 1.807) is 36.7 Å². The quantitative estimate of drug-likeness (QED) is 0.125. The number of nitrogens with zero attached hydrogens (tertiary/aromatic N) is 2. The van der Waals surface area contributed by atoms with Crippen molar-refractivity contribution in [1.29, 1.82) is 0 Å². The Balaban J connectivity index is 0. The summed E-state index contributed by atoms with van der Waals surface area (Å²) in [6, 6.07) is 16.7. The second-order valence-electron chi connectivity index (χ2n) is 10.7. The zero-order chi connectivity index (χ0) is 48.8. The van der Waals surface area contributed by atoms with Gasteiger partial charge in [-0.2, -0.15) is 79.0 Å². The van der Waals surface area contributed by atoms with Crippen LogP contribution in [-0.2, 0) is 47.1 Å². The van der Waals surface area contributed by atoms with Gasteiger partial charge >= 0.3 is 69.8 Å². The summed E-state index contributed by atoms with van der Waals surface area (Å²) in [4.78, 5) is 61.2. The molecule has 1 aromatic carbocycles. The third kappa shape index (κ3) is 21.3. The zero-order valence-electron chi connectivity index (χ0n) is 30.1. The average molecular weight is 1010 g/mol. The number of hydrogen-bond donors (Lipinski definition) is 0. The molecule has 0 radical (unpaired) electrons. The molecule has 0 amide bonds. The second-order valence-corrected chi connectivity index (χ2v) is 10.7. The van der Waals surface area contributed by atoms with Crippen LogP contribution in [0.5, 0.6) is 0 Å². The maximum Gasteiger partial charge on any atom is 3.00 e. The van der Waals surface area contributed by atoms with Crippen molar-refractivity contribution in [3.63, 3.8) is 0 Å². The molecule has 0 saturated carbocycles. The standard InChI is InChI=1S/C12H6N2O2.C7H8.3C5H2F6O2.Y/c15-11-7-3-1-5-13-9(7)10-8(12(11)16)4-2-6-14-10;1-7-5-3-2-4-6-7;3*6-4(7,8)2(12)1-3(13)5(9,10)11;/h1-6H;2-6H,1H3;3*1,12H;/q;;;;;+3/p-3/b;;3*2-1-;. The van der Waals surface area contributed by atoms with Gasteiger partial charge in [-0.25, -0.2) is 0 Å². The van der Waals surface area contributed by atoms with Gasteiger partial charge in [0.1, 0.15) is 11.4 Å². The van der Waals surface area contributed by atoms with Crippen LogP contribution in [0.25, 0.3) is 11.4 Å². The molecule has 0 saturated heterocycles. The number of Topliss-reactive ketones (excluding diaryl/α,β-unsaturated/α-hetero) is 2. The second kappa shape index (κ2) is 23.7. The van der Waals surface area contributed by atoms with Gasteiger partial charge < -0.3 is 15.3 Å². The number of alkyl halides is 18. The summed E-state index contributed by atoms with van der Waals surface area (Å²) in [5.74, 6) is -18.0. The summed E-state index contributed by atoms with van der Waals surface area (Å²) in [6.45, 7) is 2.08. The van der Waals surface area contributed by atoms with Crippen LogP contribution >= 0.6 is 0 Å². The largest absolute Gasteiger partial charge is 3.00 e. The molecule has 0 unspecified atom stereocenters. The monoisotopic (exact) mass is 1010 g/mol. The van der Waals surface area contributed by atoms with Crippen LogP contribution in [0.4, 0.5) is 79.0 Å². The van der Waals surface area contributed by atoms with E-state index >= 15 is 0 Å². The number of rotatable bonds is 3. The molecule has 0 spiro atoms. The van der Waals surface area contributed by atoms with E-state index in [2.05, 4.69) is 29.0 Å². The van der Waals surface area contributed by atoms with E-state index in [4.69, 9.17) is 0 Å². The topological polar surface area (TPSA) is 180 Å². The maximum atomic E-state index is 11.8. The van der Waals surface area contributed by atoms with Crippen LogP contribution in [0, 0.1) is 6.92 Å². The van der Waals surface area contributed by atoms with E-state index in [1.165, 1.54) is 5.56 Å². The predicted molar refractivity (Wildman–Crippen MR) is 163 cm³/mol. The van der Waals surface area contributed by atoms with Gasteiger partial charge in [-0.05, 0) is 66.7 Å². The minimum absolute atomic E-state index is 0. The van der Waals surface area contributed by atoms with Crippen molar-refractivity contribution in [3.05, 3.63) is 119 Å². The molecule has 1 aliphatic carbocycles. The van der Waals surface area contributed by atoms with Crippen LogP contribution in [0.1, 0.15) is 26.3 Å². The fourth-order valence-electron chi connectivity index (χ4n) is 3.18. The van der Waals surface area contributed by atoms with Gasteiger partial charge in [0, 0.05) is 12.4 Å². The number of carbonyl (C=O) groups is 5. The van der Waals surface area contributed by atoms with E-state index in [9.17, 15) is 118 Å². The number of allylic oxidation sites excluding steroid dienone is 6. The number of carbonyl (C=O) groups excluding carboxylic acids is 5. The van der Waals surface area contributed by atoms with E-state index in [0.29, 0.717) is 22.5 Å². The number of pyridine rings is 2. The van der Waals surface area contributed by atoms with Gasteiger partial charge in [0.25, 0.3) is 17.3 Å². The molecule has 10 nitrogen and oxygen atoms in total. The number of aryl methyl sites for hydroxylation is 1. The molecule has 3 aromatic rings. The Labute approximate surface area is 363 Å². The molecule has 2 heterocycles. The van der Waals surface area contributed by atoms with Gasteiger partial charge in [0.15, 0.2) is 0 Å². The maximum absolute atomic E-state index is 11.8. The first-order valence-corrected chi connectivity index (χ1v) is 15.1. The molecular formula is C34H17F18N2O8Y. The minimum atomic E-state index is -5.46. The van der Waals surface area contributed by atoms with Gasteiger partial charge in [-0.15, -0.1) is 0 Å². The van der Waals surface area contributed by atoms with E-state index in [1.807, 2.05) is 18.2 Å². The summed E-state index contributed by atoms with van der Waals surface area (Å²) in [5.41, 5.74) is 2.96. The fraction of sp³-hybridized carbons (Fsp3) is 0.206. The summed E-state index contributed by atoms with van der Waals surface area (Å²) in [7, 11) is 0. The average Bonchev–Trinajstić information content (AvgIpc) is 3.13. The van der Waals surface area contributed by atoms with Gasteiger partial charge in [0.05, 0.1) is 11.1 Å². The fourth-order valence-corrected chi connectivity index (χ4v) is 3.18. The van der Waals surface area contributed by atoms with Crippen molar-refractivity contribution in [2.24, 2.45) is 0 Å². The molecule has 4 rings (SSSR count). The van der Waals surface area contributed by atoms with E-state index in [0.717, 1.165) is 0 Å². The number of benzene rings is 1. The summed E-state index contributed by atoms with van der Waals surface area (Å²) in [5, 5.41) is 29.5. The Hall–Kier alpha value is -5.67. The summed E-state index contributed by atoms with van der Waals surface area (Å²) >= 11 is 0. The van der Waals surface area contributed by atoms with Crippen molar-refractivity contribution >= 4 is 28.9 Å². The Kier molecular flexibility index (Phi) is 22.3. The minimum Gasteiger partial charge on any atom is -0.869 e. The first-order valence-electron chi connectivity index (χ1n) is 15.1. The number of ketones is 5. The number of aromatic nitrogens is 2. The first kappa shape index (κ1) is 59.4. The van der Waals surface area contributed by atoms with E-state index in [-0.39, 0.29) is 32.7 Å². The normalized spacial score (nSPS) is 13.3. The van der Waals surface area contributed by atoms with Crippen molar-refractivity contribution in [3.8, 4) is 11.4 Å². The van der Waals surface area contributed by atoms with Crippen LogP contribution in [0.15, 0.2) is 102 Å². The van der Waals surface area contributed by atoms with Crippen LogP contribution in [0.3, 0.4) is 0 Å². The van der Waals surface area contributed by atoms with Gasteiger partial charge in [0.2, 0.25) is 11.6 Å². The third-order valence-corrected chi connectivity index (χ3v) is 5.94. The number of halogens is 18. The molecule has 0 bridgehead atoms. The molecule has 0 N–H and O–H groups in total. The summed E-state index contributed by atoms with van der Waals surface area (Å²) < 4.78 is 203. The van der Waals surface area contributed by atoms with Crippen molar-refractivity contribution in [2.45, 2.75) is 44.0 Å². The number of fused-ring (bicyclic) bond motifs is 3. The molecule has 1 aliphatic rings. The van der Waals surface area contributed by atoms with Crippen molar-refractivity contribution < 1.29 is 151 Å². The SMILES string of the molecule is Cc1ccccc1.O=C(/C=C(\[O-])C(F)(F)F)C(F)(F)F.O=C(/C=C(\[O-])C(F)(F)F)C(F)(F)F.O=C(/C=C(\[O-])C(F)(F)F)C(F)(F)F.O=C1C(=O)c2cccnc2-c2ncccc21.[Y+3]. The molecular weight excluding hydrogens is 995 g/mol. The molecule has 340 valence electrons. The number of hydrogen-bond acceptors (Lipinski definition) is 10. The van der Waals surface area contributed by atoms with Crippen LogP contribution < -0.4 is 15.3 Å². The van der Waals surface area contributed by atoms with Gasteiger partial charge in [-0.3, -0.25) is 33.9 Å². The third-order valence-electron chi connectivity index (χ3n) is 5.94. The zero-order valence-corrected chi connectivity index (χ0v) is 33.0. The Morgan fingerprint density at radius 1 is 0.444 bits per heavy atom. The smallest absolute Gasteiger partial charge is 0.869 e. The molecule has 2 aromatic heterocycles. The Bertz CT molecular complexity index is 1980. The molecule has 0 fully saturated rings. The Morgan fingerprint density at radius 3 is 0.889 bits per heavy atom. The van der Waals surface area contributed by atoms with Gasteiger partial charge in [-0.1, -0.05) is 35.9 Å². The molecule has 29 heteroatoms. The predicted octanol–water partition coefficient (Wildman–Crippen LogP) is 6.29. The van der Waals surface area contributed by atoms with Crippen LogP contribution in [-0.4, -0.2) is 75.9 Å². The van der Waals surface area contributed by atoms with Crippen molar-refractivity contribution in [1.82, 2.24) is 9.97 Å². The Morgan fingerprint density at radius 2 is 0.698 bits per heavy atom. The van der Waals surface area contributed by atoms with Crippen molar-refractivity contribution in [2.75, 3.05) is 0 Å². The molecule has 0 atom stereocenters. The molecule has 63 heavy (non-hydrogen) atoms. The summed E-state index contributed by atoms with van der Waals surface area (Å²) in [6.07, 6.45) is -32.7. The first-order chi connectivity index (χ1) is 27.8.